The molecule has 1 aromatic heterocycles. The smallest absolute Gasteiger partial charge is 0.257 e. The molecule has 1 N–H and O–H groups in total. The number of rotatable bonds is 5. The molecule has 1 amide bonds. The highest BCUT2D eigenvalue weighted by atomic mass is 19.1. The number of hydrogen-bond acceptors (Lipinski definition) is 3. The van der Waals surface area contributed by atoms with Crippen LogP contribution in [0.5, 0.6) is 0 Å². The van der Waals surface area contributed by atoms with Crippen molar-refractivity contribution in [3.63, 3.8) is 0 Å². The van der Waals surface area contributed by atoms with Crippen LogP contribution in [0.2, 0.25) is 0 Å². The van der Waals surface area contributed by atoms with Crippen LogP contribution in [-0.4, -0.2) is 40.2 Å². The number of aromatic amines is 1. The summed E-state index contributed by atoms with van der Waals surface area (Å²) in [6.07, 6.45) is 1.52. The Morgan fingerprint density at radius 1 is 1.26 bits per heavy atom. The summed E-state index contributed by atoms with van der Waals surface area (Å²) >= 11 is 0. The highest BCUT2D eigenvalue weighted by Gasteiger charge is 2.33. The number of carbonyl (C=O) groups is 1. The van der Waals surface area contributed by atoms with Gasteiger partial charge in [0, 0.05) is 18.7 Å². The van der Waals surface area contributed by atoms with E-state index in [4.69, 9.17) is 4.74 Å². The molecule has 0 saturated carbocycles. The zero-order chi connectivity index (χ0) is 18.8. The van der Waals surface area contributed by atoms with Crippen molar-refractivity contribution >= 4 is 5.91 Å². The van der Waals surface area contributed by atoms with Gasteiger partial charge in [0.15, 0.2) is 0 Å². The molecule has 2 heterocycles. The van der Waals surface area contributed by atoms with Crippen molar-refractivity contribution in [3.05, 3.63) is 77.2 Å². The number of nitrogens with one attached hydrogen (secondary N) is 1. The van der Waals surface area contributed by atoms with E-state index in [0.29, 0.717) is 36.5 Å². The van der Waals surface area contributed by atoms with Gasteiger partial charge in [-0.3, -0.25) is 9.89 Å². The van der Waals surface area contributed by atoms with Gasteiger partial charge in [-0.05, 0) is 30.2 Å². The highest BCUT2D eigenvalue weighted by Crippen LogP contribution is 2.25. The first-order valence-electron chi connectivity index (χ1n) is 8.86. The second kappa shape index (κ2) is 7.32. The lowest BCUT2D eigenvalue weighted by atomic mass is 10.0. The van der Waals surface area contributed by atoms with E-state index in [1.165, 1.54) is 23.9 Å². The van der Waals surface area contributed by atoms with E-state index in [0.717, 1.165) is 5.56 Å². The second-order valence-corrected chi connectivity index (χ2v) is 6.74. The first kappa shape index (κ1) is 17.4. The molecule has 138 valence electrons. The van der Waals surface area contributed by atoms with Crippen LogP contribution >= 0.6 is 0 Å². The fraction of sp³-hybridized carbons (Fsp3) is 0.238. The van der Waals surface area contributed by atoms with Crippen LogP contribution in [0.1, 0.15) is 21.5 Å². The first-order chi connectivity index (χ1) is 13.1. The molecule has 0 atom stereocenters. The Kier molecular flexibility index (Phi) is 4.73. The van der Waals surface area contributed by atoms with Gasteiger partial charge < -0.3 is 9.64 Å². The Morgan fingerprint density at radius 3 is 2.85 bits per heavy atom. The monoisotopic (exact) mass is 365 g/mol. The molecule has 1 saturated heterocycles. The predicted octanol–water partition coefficient (Wildman–Crippen LogP) is 3.57. The van der Waals surface area contributed by atoms with Gasteiger partial charge in [-0.15, -0.1) is 0 Å². The molecule has 4 rings (SSSR count). The number of benzene rings is 2. The van der Waals surface area contributed by atoms with Gasteiger partial charge in [0.1, 0.15) is 5.82 Å². The van der Waals surface area contributed by atoms with E-state index >= 15 is 0 Å². The molecular weight excluding hydrogens is 345 g/mol. The van der Waals surface area contributed by atoms with Crippen molar-refractivity contribution in [2.75, 3.05) is 13.1 Å². The maximum Gasteiger partial charge on any atom is 0.257 e. The van der Waals surface area contributed by atoms with E-state index in [1.54, 1.807) is 17.0 Å². The predicted molar refractivity (Wildman–Crippen MR) is 99.6 cm³/mol. The summed E-state index contributed by atoms with van der Waals surface area (Å²) in [7, 11) is 0. The number of nitrogens with zero attached hydrogens (tertiary/aromatic N) is 2. The third kappa shape index (κ3) is 3.61. The van der Waals surface area contributed by atoms with Crippen LogP contribution in [0, 0.1) is 12.7 Å². The van der Waals surface area contributed by atoms with Crippen molar-refractivity contribution < 1.29 is 13.9 Å². The Hall–Kier alpha value is -2.99. The SMILES string of the molecule is Cc1ccccc1COC1CN(C(=O)c2cn[nH]c2-c2cccc(F)c2)C1. The lowest BCUT2D eigenvalue weighted by Crippen LogP contribution is -2.54. The average molecular weight is 365 g/mol. The van der Waals surface area contributed by atoms with E-state index in [1.807, 2.05) is 18.2 Å². The standard InChI is InChI=1S/C21H20FN3O2/c1-14-5-2-3-6-16(14)13-27-18-11-25(12-18)21(26)19-10-23-24-20(19)15-7-4-8-17(22)9-15/h2-10,18H,11-13H2,1H3,(H,23,24). The van der Waals surface area contributed by atoms with Crippen molar-refractivity contribution in [2.45, 2.75) is 19.6 Å². The lowest BCUT2D eigenvalue weighted by Gasteiger charge is -2.39. The van der Waals surface area contributed by atoms with Crippen LogP contribution < -0.4 is 0 Å². The molecule has 5 nitrogen and oxygen atoms in total. The van der Waals surface area contributed by atoms with Gasteiger partial charge >= 0.3 is 0 Å². The molecule has 1 aliphatic rings. The number of likely N-dealkylation sites (tertiary alicyclic amines) is 1. The molecule has 0 unspecified atom stereocenters. The van der Waals surface area contributed by atoms with Crippen LogP contribution in [0.4, 0.5) is 4.39 Å². The third-order valence-electron chi connectivity index (χ3n) is 4.85. The number of aromatic nitrogens is 2. The Morgan fingerprint density at radius 2 is 2.07 bits per heavy atom. The van der Waals surface area contributed by atoms with E-state index < -0.39 is 0 Å². The second-order valence-electron chi connectivity index (χ2n) is 6.74. The highest BCUT2D eigenvalue weighted by molar-refractivity contribution is 6.00. The first-order valence-corrected chi connectivity index (χ1v) is 8.86. The normalized spacial score (nSPS) is 14.2. The van der Waals surface area contributed by atoms with E-state index in [2.05, 4.69) is 23.2 Å². The topological polar surface area (TPSA) is 58.2 Å². The molecule has 2 aromatic carbocycles. The van der Waals surface area contributed by atoms with E-state index in [-0.39, 0.29) is 17.8 Å². The Balaban J connectivity index is 1.37. The molecule has 3 aromatic rings. The zero-order valence-electron chi connectivity index (χ0n) is 15.0. The quantitative estimate of drug-likeness (QED) is 0.752. The molecule has 27 heavy (non-hydrogen) atoms. The number of hydrogen-bond donors (Lipinski definition) is 1. The molecule has 0 bridgehead atoms. The van der Waals surface area contributed by atoms with Crippen molar-refractivity contribution in [3.8, 4) is 11.3 Å². The minimum absolute atomic E-state index is 0.0260. The summed E-state index contributed by atoms with van der Waals surface area (Å²) in [4.78, 5) is 14.5. The van der Waals surface area contributed by atoms with Crippen LogP contribution in [-0.2, 0) is 11.3 Å². The third-order valence-corrected chi connectivity index (χ3v) is 4.85. The number of amides is 1. The van der Waals surface area contributed by atoms with Gasteiger partial charge in [0.05, 0.1) is 30.2 Å². The van der Waals surface area contributed by atoms with Gasteiger partial charge in [-0.25, -0.2) is 4.39 Å². The summed E-state index contributed by atoms with van der Waals surface area (Å²) in [5.41, 5.74) is 3.93. The van der Waals surface area contributed by atoms with Crippen molar-refractivity contribution in [2.24, 2.45) is 0 Å². The fourth-order valence-electron chi connectivity index (χ4n) is 3.17. The van der Waals surface area contributed by atoms with Gasteiger partial charge in [-0.2, -0.15) is 5.10 Å². The zero-order valence-corrected chi connectivity index (χ0v) is 15.0. The van der Waals surface area contributed by atoms with Crippen LogP contribution in [0.3, 0.4) is 0 Å². The fourth-order valence-corrected chi connectivity index (χ4v) is 3.17. The molecule has 0 radical (unpaired) electrons. The van der Waals surface area contributed by atoms with Gasteiger partial charge in [0.2, 0.25) is 0 Å². The molecule has 0 spiro atoms. The molecule has 6 heteroatoms. The summed E-state index contributed by atoms with van der Waals surface area (Å²) in [5.74, 6) is -0.479. The largest absolute Gasteiger partial charge is 0.370 e. The minimum atomic E-state index is -0.353. The van der Waals surface area contributed by atoms with Gasteiger partial charge in [-0.1, -0.05) is 36.4 Å². The lowest BCUT2D eigenvalue weighted by molar-refractivity contribution is -0.0504. The summed E-state index contributed by atoms with van der Waals surface area (Å²) in [6, 6.07) is 14.2. The molecule has 1 aliphatic heterocycles. The number of halogens is 1. The Bertz CT molecular complexity index is 963. The maximum absolute atomic E-state index is 13.5. The number of aryl methyl sites for hydroxylation is 1. The van der Waals surface area contributed by atoms with Crippen molar-refractivity contribution in [1.82, 2.24) is 15.1 Å². The number of carbonyl (C=O) groups excluding carboxylic acids is 1. The average Bonchev–Trinajstić information content (AvgIpc) is 3.11. The minimum Gasteiger partial charge on any atom is -0.370 e. The van der Waals surface area contributed by atoms with E-state index in [9.17, 15) is 9.18 Å². The summed E-state index contributed by atoms with van der Waals surface area (Å²) < 4.78 is 19.4. The maximum atomic E-state index is 13.5. The summed E-state index contributed by atoms with van der Waals surface area (Å²) in [6.45, 7) is 3.68. The summed E-state index contributed by atoms with van der Waals surface area (Å²) in [5, 5.41) is 6.77. The number of ether oxygens (including phenoxy) is 1. The molecule has 0 aliphatic carbocycles. The number of H-pyrrole nitrogens is 1. The van der Waals surface area contributed by atoms with Crippen LogP contribution in [0.25, 0.3) is 11.3 Å². The van der Waals surface area contributed by atoms with Crippen LogP contribution in [0.15, 0.2) is 54.7 Å². The Labute approximate surface area is 156 Å². The van der Waals surface area contributed by atoms with Crippen molar-refractivity contribution in [1.29, 1.82) is 0 Å². The molecule has 1 fully saturated rings. The van der Waals surface area contributed by atoms with Gasteiger partial charge in [0.25, 0.3) is 5.91 Å². The molecular formula is C21H20FN3O2.